The van der Waals surface area contributed by atoms with E-state index < -0.39 is 30.8 Å². The minimum atomic E-state index is -4.28. The Hall–Kier alpha value is -3.21. The Bertz CT molecular complexity index is 1620. The molecule has 3 aromatic rings. The van der Waals surface area contributed by atoms with Gasteiger partial charge in [-0.25, -0.2) is 8.42 Å². The van der Waals surface area contributed by atoms with E-state index in [0.29, 0.717) is 45.5 Å². The molecule has 0 bridgehead atoms. The lowest BCUT2D eigenvalue weighted by molar-refractivity contribution is 0.103. The normalized spacial score (nSPS) is 19.8. The molecule has 4 rings (SSSR count). The summed E-state index contributed by atoms with van der Waals surface area (Å²) in [6, 6.07) is 11.9. The van der Waals surface area contributed by atoms with Crippen molar-refractivity contribution in [3.8, 4) is 0 Å². The number of carbonyl (C=O) groups is 1. The first kappa shape index (κ1) is 26.8. The number of hydrogen-bond donors (Lipinski definition) is 2. The molecule has 0 atom stereocenters. The number of unbranched alkanes of at least 4 members (excludes halogenated alkanes) is 1. The van der Waals surface area contributed by atoms with Gasteiger partial charge in [0.15, 0.2) is 5.78 Å². The molecule has 1 aliphatic rings. The lowest BCUT2D eigenvalue weighted by Crippen LogP contribution is -2.27. The van der Waals surface area contributed by atoms with E-state index in [-0.39, 0.29) is 5.78 Å². The van der Waals surface area contributed by atoms with Crippen LogP contribution in [0.3, 0.4) is 0 Å². The molecule has 10 heteroatoms. The predicted octanol–water partition coefficient (Wildman–Crippen LogP) is 5.02. The second kappa shape index (κ2) is 9.92. The molecule has 1 aromatic heterocycles. The molecule has 0 unspecified atom stereocenters. The SMILES string of the molecule is CCCCc1oc2ccc(NS(C)(=O)=O)cc2c1C(=O)c1ccccc1C1(C)C=CC(S(=O)(=O)O)C=C1. The van der Waals surface area contributed by atoms with Gasteiger partial charge in [-0.2, -0.15) is 8.42 Å². The zero-order chi connectivity index (χ0) is 27.0. The van der Waals surface area contributed by atoms with E-state index in [1.807, 2.05) is 13.8 Å². The first-order chi connectivity index (χ1) is 17.3. The van der Waals surface area contributed by atoms with Crippen molar-refractivity contribution in [1.82, 2.24) is 0 Å². The zero-order valence-electron chi connectivity index (χ0n) is 20.8. The smallest absolute Gasteiger partial charge is 0.275 e. The number of furan rings is 1. The highest BCUT2D eigenvalue weighted by Gasteiger charge is 2.32. The molecule has 37 heavy (non-hydrogen) atoms. The van der Waals surface area contributed by atoms with Crippen molar-refractivity contribution in [3.05, 3.63) is 89.2 Å². The van der Waals surface area contributed by atoms with Crippen LogP contribution < -0.4 is 4.72 Å². The molecule has 0 saturated carbocycles. The fourth-order valence-corrected chi connectivity index (χ4v) is 5.67. The number of benzene rings is 2. The van der Waals surface area contributed by atoms with Gasteiger partial charge >= 0.3 is 0 Å². The van der Waals surface area contributed by atoms with E-state index >= 15 is 0 Å². The van der Waals surface area contributed by atoms with Gasteiger partial charge in [0.1, 0.15) is 16.6 Å². The Morgan fingerprint density at radius 3 is 2.38 bits per heavy atom. The average molecular weight is 544 g/mol. The number of nitrogens with one attached hydrogen (secondary N) is 1. The van der Waals surface area contributed by atoms with Crippen molar-refractivity contribution in [2.45, 2.75) is 43.8 Å². The summed E-state index contributed by atoms with van der Waals surface area (Å²) in [5.74, 6) is 0.247. The van der Waals surface area contributed by atoms with Gasteiger partial charge in [-0.05, 0) is 37.1 Å². The van der Waals surface area contributed by atoms with Crippen molar-refractivity contribution in [2.75, 3.05) is 11.0 Å². The van der Waals surface area contributed by atoms with Crippen LogP contribution in [0.4, 0.5) is 5.69 Å². The summed E-state index contributed by atoms with van der Waals surface area (Å²) in [5, 5.41) is -0.645. The third kappa shape index (κ3) is 5.71. The van der Waals surface area contributed by atoms with Gasteiger partial charge in [0.25, 0.3) is 10.1 Å². The van der Waals surface area contributed by atoms with E-state index in [1.54, 1.807) is 54.6 Å². The van der Waals surface area contributed by atoms with Crippen LogP contribution in [0.1, 0.15) is 53.9 Å². The molecule has 0 saturated heterocycles. The maximum absolute atomic E-state index is 14.1. The van der Waals surface area contributed by atoms with Crippen LogP contribution in [0.25, 0.3) is 11.0 Å². The van der Waals surface area contributed by atoms with Crippen LogP contribution in [-0.4, -0.2) is 38.7 Å². The Morgan fingerprint density at radius 1 is 1.08 bits per heavy atom. The molecule has 8 nitrogen and oxygen atoms in total. The number of fused-ring (bicyclic) bond motifs is 1. The number of aryl methyl sites for hydroxylation is 1. The standard InChI is InChI=1S/C27H29NO7S2/c1-4-5-10-24-25(21-17-18(28-36(3,30)31)11-12-23(21)35-24)26(29)20-8-6-7-9-22(20)27(2)15-13-19(14-16-27)37(32,33)34/h6-9,11-17,19,28H,4-5,10H2,1-3H3,(H,32,33,34). The molecule has 196 valence electrons. The first-order valence-electron chi connectivity index (χ1n) is 11.8. The Labute approximate surface area is 216 Å². The Morgan fingerprint density at radius 2 is 1.76 bits per heavy atom. The number of rotatable bonds is 9. The van der Waals surface area contributed by atoms with Gasteiger partial charge in [0.05, 0.1) is 11.8 Å². The van der Waals surface area contributed by atoms with E-state index in [1.165, 1.54) is 12.2 Å². The predicted molar refractivity (Wildman–Crippen MR) is 144 cm³/mol. The number of ketones is 1. The van der Waals surface area contributed by atoms with Gasteiger partial charge in [0.2, 0.25) is 10.0 Å². The Kier molecular flexibility index (Phi) is 7.20. The summed E-state index contributed by atoms with van der Waals surface area (Å²) in [6.45, 7) is 3.89. The highest BCUT2D eigenvalue weighted by atomic mass is 32.2. The van der Waals surface area contributed by atoms with Crippen LogP contribution in [0.5, 0.6) is 0 Å². The Balaban J connectivity index is 1.85. The molecule has 2 aromatic carbocycles. The highest BCUT2D eigenvalue weighted by molar-refractivity contribution is 7.92. The van der Waals surface area contributed by atoms with Crippen molar-refractivity contribution >= 4 is 42.6 Å². The second-order valence-electron chi connectivity index (χ2n) is 9.44. The van der Waals surface area contributed by atoms with Crippen molar-refractivity contribution in [1.29, 1.82) is 0 Å². The van der Waals surface area contributed by atoms with Crippen LogP contribution in [0, 0.1) is 0 Å². The molecule has 0 amide bonds. The third-order valence-electron chi connectivity index (χ3n) is 6.41. The van der Waals surface area contributed by atoms with E-state index in [9.17, 15) is 26.2 Å². The third-order valence-corrected chi connectivity index (χ3v) is 8.02. The monoisotopic (exact) mass is 543 g/mol. The molecule has 1 heterocycles. The summed E-state index contributed by atoms with van der Waals surface area (Å²) in [4.78, 5) is 14.1. The molecule has 0 aliphatic heterocycles. The van der Waals surface area contributed by atoms with Crippen LogP contribution in [0.15, 0.2) is 71.2 Å². The van der Waals surface area contributed by atoms with Crippen molar-refractivity contribution in [2.24, 2.45) is 0 Å². The first-order valence-corrected chi connectivity index (χ1v) is 15.2. The van der Waals surface area contributed by atoms with E-state index in [0.717, 1.165) is 19.1 Å². The maximum atomic E-state index is 14.1. The highest BCUT2D eigenvalue weighted by Crippen LogP contribution is 2.37. The van der Waals surface area contributed by atoms with Gasteiger partial charge in [-0.3, -0.25) is 14.1 Å². The van der Waals surface area contributed by atoms with Crippen LogP contribution in [-0.2, 0) is 32.0 Å². The number of hydrogen-bond acceptors (Lipinski definition) is 6. The van der Waals surface area contributed by atoms with Crippen LogP contribution >= 0.6 is 0 Å². The minimum Gasteiger partial charge on any atom is -0.460 e. The maximum Gasteiger partial charge on any atom is 0.275 e. The van der Waals surface area contributed by atoms with E-state index in [4.69, 9.17) is 4.42 Å². The molecule has 0 radical (unpaired) electrons. The number of allylic oxidation sites excluding steroid dienone is 2. The summed E-state index contributed by atoms with van der Waals surface area (Å²) >= 11 is 0. The fraction of sp³-hybridized carbons (Fsp3) is 0.296. The molecule has 1 aliphatic carbocycles. The molecular weight excluding hydrogens is 514 g/mol. The fourth-order valence-electron chi connectivity index (χ4n) is 4.56. The number of anilines is 1. The summed E-state index contributed by atoms with van der Waals surface area (Å²) in [5.41, 5.74) is 1.43. The lowest BCUT2D eigenvalue weighted by Gasteiger charge is -2.28. The van der Waals surface area contributed by atoms with E-state index in [2.05, 4.69) is 4.72 Å². The topological polar surface area (TPSA) is 131 Å². The van der Waals surface area contributed by atoms with Gasteiger partial charge in [0, 0.05) is 28.5 Å². The zero-order valence-corrected chi connectivity index (χ0v) is 22.4. The summed E-state index contributed by atoms with van der Waals surface area (Å²) in [6.07, 6.45) is 9.42. The largest absolute Gasteiger partial charge is 0.460 e. The summed E-state index contributed by atoms with van der Waals surface area (Å²) in [7, 11) is -7.80. The van der Waals surface area contributed by atoms with Crippen molar-refractivity contribution in [3.63, 3.8) is 0 Å². The van der Waals surface area contributed by atoms with Crippen LogP contribution in [0.2, 0.25) is 0 Å². The summed E-state index contributed by atoms with van der Waals surface area (Å²) < 4.78 is 64.7. The van der Waals surface area contributed by atoms with Crippen molar-refractivity contribution < 1.29 is 30.6 Å². The molecule has 0 fully saturated rings. The number of sulfonamides is 1. The lowest BCUT2D eigenvalue weighted by atomic mass is 9.76. The minimum absolute atomic E-state index is 0.281. The molecular formula is C27H29NO7S2. The second-order valence-corrected chi connectivity index (χ2v) is 12.8. The molecule has 2 N–H and O–H groups in total. The number of carbonyl (C=O) groups excluding carboxylic acids is 1. The van der Waals surface area contributed by atoms with Gasteiger partial charge in [-0.1, -0.05) is 61.9 Å². The van der Waals surface area contributed by atoms with Gasteiger partial charge in [-0.15, -0.1) is 0 Å². The average Bonchev–Trinajstić information content (AvgIpc) is 3.18. The quantitative estimate of drug-likeness (QED) is 0.220. The molecule has 0 spiro atoms. The van der Waals surface area contributed by atoms with Gasteiger partial charge < -0.3 is 4.42 Å².